The van der Waals surface area contributed by atoms with Gasteiger partial charge in [-0.3, -0.25) is 4.98 Å². The van der Waals surface area contributed by atoms with E-state index in [-0.39, 0.29) is 0 Å². The quantitative estimate of drug-likeness (QED) is 0.896. The molecule has 106 valence electrons. The van der Waals surface area contributed by atoms with Crippen molar-refractivity contribution >= 4 is 16.6 Å². The van der Waals surface area contributed by atoms with Gasteiger partial charge in [-0.1, -0.05) is 32.0 Å². The fourth-order valence-corrected chi connectivity index (χ4v) is 3.08. The number of aromatic nitrogens is 1. The Balaban J connectivity index is 1.77. The van der Waals surface area contributed by atoms with Gasteiger partial charge in [0.25, 0.3) is 0 Å². The molecule has 3 rings (SSSR count). The van der Waals surface area contributed by atoms with Crippen molar-refractivity contribution in [1.29, 1.82) is 0 Å². The van der Waals surface area contributed by atoms with Crippen LogP contribution in [0.4, 0.5) is 5.69 Å². The van der Waals surface area contributed by atoms with Gasteiger partial charge in [-0.05, 0) is 36.9 Å². The monoisotopic (exact) mass is 269 g/mol. The lowest BCUT2D eigenvalue weighted by atomic mass is 9.77. The van der Waals surface area contributed by atoms with Crippen molar-refractivity contribution in [2.45, 2.75) is 32.7 Å². The zero-order valence-corrected chi connectivity index (χ0v) is 12.3. The van der Waals surface area contributed by atoms with Gasteiger partial charge in [-0.2, -0.15) is 0 Å². The summed E-state index contributed by atoms with van der Waals surface area (Å²) in [6.07, 6.45) is 4.45. The van der Waals surface area contributed by atoms with Crippen molar-refractivity contribution in [3.8, 4) is 0 Å². The fourth-order valence-electron chi connectivity index (χ4n) is 3.08. The zero-order chi connectivity index (χ0) is 14.0. The smallest absolute Gasteiger partial charge is 0.0722 e. The molecule has 2 heterocycles. The van der Waals surface area contributed by atoms with Crippen LogP contribution in [0.15, 0.2) is 36.5 Å². The Morgan fingerprint density at radius 3 is 3.00 bits per heavy atom. The summed E-state index contributed by atoms with van der Waals surface area (Å²) >= 11 is 0. The highest BCUT2D eigenvalue weighted by Crippen LogP contribution is 2.30. The molecule has 1 aromatic heterocycles. The van der Waals surface area contributed by atoms with E-state index in [0.29, 0.717) is 11.5 Å². The number of piperidine rings is 1. The molecule has 20 heavy (non-hydrogen) atoms. The number of hydrogen-bond acceptors (Lipinski definition) is 3. The van der Waals surface area contributed by atoms with E-state index >= 15 is 0 Å². The second kappa shape index (κ2) is 5.41. The van der Waals surface area contributed by atoms with Crippen LogP contribution in [0, 0.1) is 5.41 Å². The van der Waals surface area contributed by atoms with E-state index < -0.39 is 0 Å². The molecule has 2 N–H and O–H groups in total. The molecule has 1 aliphatic heterocycles. The van der Waals surface area contributed by atoms with Crippen molar-refractivity contribution in [1.82, 2.24) is 10.3 Å². The molecule has 0 bridgehead atoms. The fraction of sp³-hybridized carbons (Fsp3) is 0.471. The molecular formula is C17H23N3. The predicted octanol–water partition coefficient (Wildman–Crippen LogP) is 3.42. The Labute approximate surface area is 120 Å². The minimum Gasteiger partial charge on any atom is -0.383 e. The van der Waals surface area contributed by atoms with E-state index in [1.165, 1.54) is 23.9 Å². The van der Waals surface area contributed by atoms with Gasteiger partial charge in [-0.25, -0.2) is 0 Å². The number of fused-ring (bicyclic) bond motifs is 1. The number of pyridine rings is 1. The van der Waals surface area contributed by atoms with Crippen LogP contribution in [0.3, 0.4) is 0 Å². The lowest BCUT2D eigenvalue weighted by Crippen LogP contribution is -2.50. The second-order valence-corrected chi connectivity index (χ2v) is 6.36. The Kier molecular flexibility index (Phi) is 3.62. The number of anilines is 1. The molecule has 1 saturated heterocycles. The van der Waals surface area contributed by atoms with E-state index in [9.17, 15) is 0 Å². The molecule has 1 aromatic carbocycles. The summed E-state index contributed by atoms with van der Waals surface area (Å²) in [6, 6.07) is 10.9. The van der Waals surface area contributed by atoms with E-state index in [2.05, 4.69) is 53.7 Å². The Morgan fingerprint density at radius 2 is 2.15 bits per heavy atom. The lowest BCUT2D eigenvalue weighted by Gasteiger charge is -2.39. The summed E-state index contributed by atoms with van der Waals surface area (Å²) < 4.78 is 0. The normalized spacial score (nSPS) is 21.8. The maximum atomic E-state index is 4.41. The van der Waals surface area contributed by atoms with Crippen molar-refractivity contribution in [3.05, 3.63) is 36.5 Å². The average Bonchev–Trinajstić information content (AvgIpc) is 2.46. The molecule has 1 fully saturated rings. The van der Waals surface area contributed by atoms with E-state index in [1.807, 2.05) is 12.3 Å². The molecule has 0 aliphatic carbocycles. The molecule has 0 amide bonds. The van der Waals surface area contributed by atoms with Crippen molar-refractivity contribution in [2.24, 2.45) is 5.41 Å². The Bertz CT molecular complexity index is 586. The van der Waals surface area contributed by atoms with Gasteiger partial charge in [0, 0.05) is 29.9 Å². The summed E-state index contributed by atoms with van der Waals surface area (Å²) in [7, 11) is 0. The van der Waals surface area contributed by atoms with Crippen LogP contribution in [0.2, 0.25) is 0 Å². The summed E-state index contributed by atoms with van der Waals surface area (Å²) in [5.74, 6) is 0. The molecule has 0 radical (unpaired) electrons. The van der Waals surface area contributed by atoms with Gasteiger partial charge in [0.2, 0.25) is 0 Å². The van der Waals surface area contributed by atoms with Gasteiger partial charge < -0.3 is 10.6 Å². The van der Waals surface area contributed by atoms with Gasteiger partial charge in [0.15, 0.2) is 0 Å². The molecular weight excluding hydrogens is 246 g/mol. The molecule has 0 saturated carbocycles. The molecule has 1 atom stereocenters. The van der Waals surface area contributed by atoms with Gasteiger partial charge in [-0.15, -0.1) is 0 Å². The molecule has 1 aliphatic rings. The number of hydrogen-bond donors (Lipinski definition) is 2. The first kappa shape index (κ1) is 13.4. The first-order chi connectivity index (χ1) is 9.67. The summed E-state index contributed by atoms with van der Waals surface area (Å²) in [5.41, 5.74) is 2.58. The Hall–Kier alpha value is -1.61. The first-order valence-corrected chi connectivity index (χ1v) is 7.48. The molecule has 2 aromatic rings. The van der Waals surface area contributed by atoms with Gasteiger partial charge >= 0.3 is 0 Å². The topological polar surface area (TPSA) is 37.0 Å². The van der Waals surface area contributed by atoms with Crippen LogP contribution in [-0.4, -0.2) is 24.1 Å². The number of rotatable bonds is 3. The highest BCUT2D eigenvalue weighted by atomic mass is 15.0. The van der Waals surface area contributed by atoms with Crippen molar-refractivity contribution in [2.75, 3.05) is 18.4 Å². The SMILES string of the molecule is CC1(C)CCCNC1CNc1ccnc2ccccc12. The third-order valence-electron chi connectivity index (χ3n) is 4.48. The summed E-state index contributed by atoms with van der Waals surface area (Å²) in [5, 5.41) is 8.46. The van der Waals surface area contributed by atoms with Crippen LogP contribution in [0.5, 0.6) is 0 Å². The molecule has 0 spiro atoms. The number of para-hydroxylation sites is 1. The van der Waals surface area contributed by atoms with Gasteiger partial charge in [0.05, 0.1) is 5.52 Å². The lowest BCUT2D eigenvalue weighted by molar-refractivity contribution is 0.188. The average molecular weight is 269 g/mol. The van der Waals surface area contributed by atoms with E-state index in [1.54, 1.807) is 0 Å². The van der Waals surface area contributed by atoms with Crippen LogP contribution in [0.25, 0.3) is 10.9 Å². The zero-order valence-electron chi connectivity index (χ0n) is 12.3. The number of benzene rings is 1. The van der Waals surface area contributed by atoms with Crippen molar-refractivity contribution < 1.29 is 0 Å². The third kappa shape index (κ3) is 2.63. The minimum absolute atomic E-state index is 0.355. The van der Waals surface area contributed by atoms with Crippen LogP contribution in [-0.2, 0) is 0 Å². The third-order valence-corrected chi connectivity index (χ3v) is 4.48. The highest BCUT2D eigenvalue weighted by molar-refractivity contribution is 5.90. The standard InChI is InChI=1S/C17H23N3/c1-17(2)9-5-10-19-16(17)12-20-15-8-11-18-14-7-4-3-6-13(14)15/h3-4,6-8,11,16,19H,5,9-10,12H2,1-2H3,(H,18,20). The van der Waals surface area contributed by atoms with E-state index in [4.69, 9.17) is 0 Å². The molecule has 3 heteroatoms. The largest absolute Gasteiger partial charge is 0.383 e. The maximum absolute atomic E-state index is 4.41. The minimum atomic E-state index is 0.355. The molecule has 3 nitrogen and oxygen atoms in total. The van der Waals surface area contributed by atoms with Crippen LogP contribution >= 0.6 is 0 Å². The van der Waals surface area contributed by atoms with Gasteiger partial charge in [0.1, 0.15) is 0 Å². The van der Waals surface area contributed by atoms with E-state index in [0.717, 1.165) is 18.6 Å². The summed E-state index contributed by atoms with van der Waals surface area (Å²) in [6.45, 7) is 6.81. The first-order valence-electron chi connectivity index (χ1n) is 7.48. The Morgan fingerprint density at radius 1 is 1.30 bits per heavy atom. The summed E-state index contributed by atoms with van der Waals surface area (Å²) in [4.78, 5) is 4.41. The van der Waals surface area contributed by atoms with Crippen LogP contribution in [0.1, 0.15) is 26.7 Å². The maximum Gasteiger partial charge on any atom is 0.0722 e. The molecule has 1 unspecified atom stereocenters. The van der Waals surface area contributed by atoms with Crippen LogP contribution < -0.4 is 10.6 Å². The van der Waals surface area contributed by atoms with Crippen molar-refractivity contribution in [3.63, 3.8) is 0 Å². The number of nitrogens with one attached hydrogen (secondary N) is 2. The predicted molar refractivity (Wildman–Crippen MR) is 85.0 cm³/mol. The number of nitrogens with zero attached hydrogens (tertiary/aromatic N) is 1. The highest BCUT2D eigenvalue weighted by Gasteiger charge is 2.31. The second-order valence-electron chi connectivity index (χ2n) is 6.36.